The fraction of sp³-hybridized carbons (Fsp3) is 0.438. The molecular weight excluding hydrogens is 266 g/mol. The van der Waals surface area contributed by atoms with E-state index >= 15 is 0 Å². The second-order valence-electron chi connectivity index (χ2n) is 5.18. The third-order valence-electron chi connectivity index (χ3n) is 3.22. The van der Waals surface area contributed by atoms with Crippen molar-refractivity contribution in [2.45, 2.75) is 32.9 Å². The zero-order valence-corrected chi connectivity index (χ0v) is 13.1. The molecule has 1 heterocycles. The van der Waals surface area contributed by atoms with Crippen LogP contribution >= 0.6 is 0 Å². The van der Waals surface area contributed by atoms with Crippen LogP contribution in [-0.4, -0.2) is 29.8 Å². The standard InChI is InChI=1S/C16H23N3O2/c1-12(2)18-16-17-8-10-19(16)9-7-13-5-6-14(20-3)15(11-13)21-4/h5-6,8,10-12H,7,9H2,1-4H3,(H,17,18). The molecule has 0 amide bonds. The van der Waals surface area contributed by atoms with Gasteiger partial charge in [-0.15, -0.1) is 0 Å². The first-order valence-corrected chi connectivity index (χ1v) is 7.12. The number of aryl methyl sites for hydroxylation is 2. The molecule has 0 bridgehead atoms. The Morgan fingerprint density at radius 2 is 1.95 bits per heavy atom. The number of benzene rings is 1. The minimum Gasteiger partial charge on any atom is -0.493 e. The molecule has 0 aliphatic carbocycles. The number of imidazole rings is 1. The maximum absolute atomic E-state index is 5.33. The van der Waals surface area contributed by atoms with Crippen LogP contribution in [0, 0.1) is 0 Å². The highest BCUT2D eigenvalue weighted by molar-refractivity contribution is 5.43. The van der Waals surface area contributed by atoms with Crippen molar-refractivity contribution in [1.29, 1.82) is 0 Å². The Morgan fingerprint density at radius 1 is 1.19 bits per heavy atom. The monoisotopic (exact) mass is 289 g/mol. The quantitative estimate of drug-likeness (QED) is 0.851. The lowest BCUT2D eigenvalue weighted by Crippen LogP contribution is -2.15. The van der Waals surface area contributed by atoms with E-state index in [9.17, 15) is 0 Å². The Morgan fingerprint density at radius 3 is 2.62 bits per heavy atom. The summed E-state index contributed by atoms with van der Waals surface area (Å²) in [6.45, 7) is 5.07. The summed E-state index contributed by atoms with van der Waals surface area (Å²) < 4.78 is 12.7. The number of aromatic nitrogens is 2. The minimum atomic E-state index is 0.368. The van der Waals surface area contributed by atoms with Crippen LogP contribution in [0.4, 0.5) is 5.95 Å². The van der Waals surface area contributed by atoms with E-state index < -0.39 is 0 Å². The number of hydrogen-bond acceptors (Lipinski definition) is 4. The molecule has 0 aliphatic rings. The Labute approximate surface area is 125 Å². The number of anilines is 1. The van der Waals surface area contributed by atoms with Crippen LogP contribution in [0.2, 0.25) is 0 Å². The molecule has 5 nitrogen and oxygen atoms in total. The Kier molecular flexibility index (Phi) is 5.09. The molecule has 0 radical (unpaired) electrons. The summed E-state index contributed by atoms with van der Waals surface area (Å²) in [5, 5.41) is 3.34. The van der Waals surface area contributed by atoms with Gasteiger partial charge in [0.1, 0.15) is 0 Å². The second kappa shape index (κ2) is 7.02. The summed E-state index contributed by atoms with van der Waals surface area (Å²) in [7, 11) is 3.30. The highest BCUT2D eigenvalue weighted by atomic mass is 16.5. The van der Waals surface area contributed by atoms with E-state index in [0.29, 0.717) is 6.04 Å². The predicted octanol–water partition coefficient (Wildman–Crippen LogP) is 2.96. The average Bonchev–Trinajstić information content (AvgIpc) is 2.91. The molecule has 1 aromatic heterocycles. The number of ether oxygens (including phenoxy) is 2. The van der Waals surface area contributed by atoms with Crippen LogP contribution in [-0.2, 0) is 13.0 Å². The Bertz CT molecular complexity index is 579. The molecule has 5 heteroatoms. The van der Waals surface area contributed by atoms with Gasteiger partial charge in [-0.25, -0.2) is 4.98 Å². The van der Waals surface area contributed by atoms with Crippen molar-refractivity contribution in [1.82, 2.24) is 9.55 Å². The van der Waals surface area contributed by atoms with Gasteiger partial charge in [0.25, 0.3) is 0 Å². The Hall–Kier alpha value is -2.17. The largest absolute Gasteiger partial charge is 0.493 e. The molecule has 0 saturated heterocycles. The molecule has 114 valence electrons. The summed E-state index contributed by atoms with van der Waals surface area (Å²) in [5.41, 5.74) is 1.21. The number of hydrogen-bond donors (Lipinski definition) is 1. The van der Waals surface area contributed by atoms with Crippen LogP contribution in [0.1, 0.15) is 19.4 Å². The summed E-state index contributed by atoms with van der Waals surface area (Å²) in [5.74, 6) is 2.43. The number of nitrogens with zero attached hydrogens (tertiary/aromatic N) is 2. The van der Waals surface area contributed by atoms with Crippen molar-refractivity contribution in [3.8, 4) is 11.5 Å². The third kappa shape index (κ3) is 3.90. The predicted molar refractivity (Wildman–Crippen MR) is 84.2 cm³/mol. The third-order valence-corrected chi connectivity index (χ3v) is 3.22. The molecule has 0 unspecified atom stereocenters. The highest BCUT2D eigenvalue weighted by Crippen LogP contribution is 2.27. The molecule has 0 fully saturated rings. The van der Waals surface area contributed by atoms with Gasteiger partial charge in [0.2, 0.25) is 5.95 Å². The Balaban J connectivity index is 2.05. The van der Waals surface area contributed by atoms with Crippen molar-refractivity contribution in [2.75, 3.05) is 19.5 Å². The fourth-order valence-electron chi connectivity index (χ4n) is 2.17. The molecule has 0 spiro atoms. The van der Waals surface area contributed by atoms with E-state index in [1.54, 1.807) is 14.2 Å². The van der Waals surface area contributed by atoms with Crippen molar-refractivity contribution in [2.24, 2.45) is 0 Å². The van der Waals surface area contributed by atoms with Crippen LogP contribution in [0.15, 0.2) is 30.6 Å². The zero-order chi connectivity index (χ0) is 15.2. The number of rotatable bonds is 7. The second-order valence-corrected chi connectivity index (χ2v) is 5.18. The van der Waals surface area contributed by atoms with Gasteiger partial charge in [0, 0.05) is 25.0 Å². The van der Waals surface area contributed by atoms with E-state index in [-0.39, 0.29) is 0 Å². The van der Waals surface area contributed by atoms with Gasteiger partial charge in [-0.1, -0.05) is 6.07 Å². The van der Waals surface area contributed by atoms with E-state index in [1.807, 2.05) is 24.5 Å². The summed E-state index contributed by atoms with van der Waals surface area (Å²) in [6, 6.07) is 6.39. The van der Waals surface area contributed by atoms with Crippen molar-refractivity contribution in [3.63, 3.8) is 0 Å². The van der Waals surface area contributed by atoms with E-state index in [4.69, 9.17) is 9.47 Å². The zero-order valence-electron chi connectivity index (χ0n) is 13.1. The van der Waals surface area contributed by atoms with Gasteiger partial charge in [0.15, 0.2) is 11.5 Å². The molecule has 1 N–H and O–H groups in total. The smallest absolute Gasteiger partial charge is 0.202 e. The molecular formula is C16H23N3O2. The lowest BCUT2D eigenvalue weighted by molar-refractivity contribution is 0.354. The van der Waals surface area contributed by atoms with E-state index in [2.05, 4.69) is 34.8 Å². The van der Waals surface area contributed by atoms with Crippen LogP contribution in [0.3, 0.4) is 0 Å². The van der Waals surface area contributed by atoms with Gasteiger partial charge in [-0.3, -0.25) is 0 Å². The highest BCUT2D eigenvalue weighted by Gasteiger charge is 2.07. The number of nitrogens with one attached hydrogen (secondary N) is 1. The summed E-state index contributed by atoms with van der Waals surface area (Å²) in [4.78, 5) is 4.34. The lowest BCUT2D eigenvalue weighted by atomic mass is 10.1. The minimum absolute atomic E-state index is 0.368. The first-order chi connectivity index (χ1) is 10.1. The van der Waals surface area contributed by atoms with Gasteiger partial charge >= 0.3 is 0 Å². The van der Waals surface area contributed by atoms with Crippen molar-refractivity contribution < 1.29 is 9.47 Å². The van der Waals surface area contributed by atoms with Gasteiger partial charge in [0.05, 0.1) is 14.2 Å². The van der Waals surface area contributed by atoms with Crippen molar-refractivity contribution in [3.05, 3.63) is 36.2 Å². The summed E-state index contributed by atoms with van der Waals surface area (Å²) >= 11 is 0. The maximum Gasteiger partial charge on any atom is 0.202 e. The lowest BCUT2D eigenvalue weighted by Gasteiger charge is -2.13. The van der Waals surface area contributed by atoms with Gasteiger partial charge < -0.3 is 19.4 Å². The molecule has 0 saturated carbocycles. The van der Waals surface area contributed by atoms with Crippen LogP contribution in [0.5, 0.6) is 11.5 Å². The normalized spacial score (nSPS) is 10.7. The topological polar surface area (TPSA) is 48.3 Å². The van der Waals surface area contributed by atoms with Crippen LogP contribution in [0.25, 0.3) is 0 Å². The number of methoxy groups -OCH3 is 2. The van der Waals surface area contributed by atoms with Gasteiger partial charge in [-0.2, -0.15) is 0 Å². The molecule has 0 aliphatic heterocycles. The molecule has 2 aromatic rings. The first-order valence-electron chi connectivity index (χ1n) is 7.12. The molecule has 2 rings (SSSR count). The van der Waals surface area contributed by atoms with Crippen LogP contribution < -0.4 is 14.8 Å². The van der Waals surface area contributed by atoms with E-state index in [0.717, 1.165) is 30.4 Å². The fourth-order valence-corrected chi connectivity index (χ4v) is 2.17. The van der Waals surface area contributed by atoms with Gasteiger partial charge in [-0.05, 0) is 38.0 Å². The van der Waals surface area contributed by atoms with Crippen molar-refractivity contribution >= 4 is 5.95 Å². The molecule has 21 heavy (non-hydrogen) atoms. The maximum atomic E-state index is 5.33. The average molecular weight is 289 g/mol. The molecule has 1 aromatic carbocycles. The van der Waals surface area contributed by atoms with E-state index in [1.165, 1.54) is 5.56 Å². The SMILES string of the molecule is COc1ccc(CCn2ccnc2NC(C)C)cc1OC. The first kappa shape index (κ1) is 15.2. The molecule has 0 atom stereocenters. The summed E-state index contributed by atoms with van der Waals surface area (Å²) in [6.07, 6.45) is 4.72.